The number of halogens is 3. The van der Waals surface area contributed by atoms with Crippen LogP contribution in [0.25, 0.3) is 6.08 Å². The number of benzene rings is 4. The van der Waals surface area contributed by atoms with E-state index < -0.39 is 0 Å². The van der Waals surface area contributed by atoms with Crippen LogP contribution in [0.2, 0.25) is 10.0 Å². The van der Waals surface area contributed by atoms with Gasteiger partial charge in [-0.2, -0.15) is 0 Å². The van der Waals surface area contributed by atoms with Gasteiger partial charge < -0.3 is 9.47 Å². The summed E-state index contributed by atoms with van der Waals surface area (Å²) >= 11 is 15.7. The van der Waals surface area contributed by atoms with Gasteiger partial charge in [-0.3, -0.25) is 9.69 Å². The van der Waals surface area contributed by atoms with E-state index in [1.54, 1.807) is 41.3 Å². The lowest BCUT2D eigenvalue weighted by Gasteiger charge is -2.16. The summed E-state index contributed by atoms with van der Waals surface area (Å²) in [5, 5.41) is 1.73. The molecule has 1 amide bonds. The summed E-state index contributed by atoms with van der Waals surface area (Å²) in [6.45, 7) is 4.89. The molecule has 0 aromatic heterocycles. The summed E-state index contributed by atoms with van der Waals surface area (Å²) in [6.07, 6.45) is 1.86. The van der Waals surface area contributed by atoms with Crippen molar-refractivity contribution < 1.29 is 14.3 Å². The molecule has 1 saturated heterocycles. The number of hydrogen-bond acceptors (Lipinski definition) is 5. The third-order valence-corrected chi connectivity index (χ3v) is 8.35. The highest BCUT2D eigenvalue weighted by molar-refractivity contribution is 14.1. The minimum absolute atomic E-state index is 0.183. The number of ether oxygens (including phenoxy) is 2. The maximum absolute atomic E-state index is 13.7. The molecule has 0 atom stereocenters. The van der Waals surface area contributed by atoms with Gasteiger partial charge in [0, 0.05) is 10.0 Å². The number of amides is 1. The van der Waals surface area contributed by atoms with E-state index in [0.29, 0.717) is 56.2 Å². The van der Waals surface area contributed by atoms with Gasteiger partial charge in [-0.05, 0) is 126 Å². The molecular formula is C32H25Cl2IN2O3S. The molecular weight excluding hydrogens is 690 g/mol. The van der Waals surface area contributed by atoms with E-state index in [2.05, 4.69) is 53.8 Å². The summed E-state index contributed by atoms with van der Waals surface area (Å²) < 4.78 is 13.0. The Morgan fingerprint density at radius 2 is 1.59 bits per heavy atom. The molecule has 5 rings (SSSR count). The van der Waals surface area contributed by atoms with E-state index >= 15 is 0 Å². The lowest BCUT2D eigenvalue weighted by molar-refractivity contribution is -0.113. The maximum Gasteiger partial charge on any atom is 0.271 e. The van der Waals surface area contributed by atoms with Crippen molar-refractivity contribution in [2.75, 3.05) is 11.5 Å². The molecule has 0 bridgehead atoms. The Bertz CT molecular complexity index is 1620. The van der Waals surface area contributed by atoms with Crippen LogP contribution in [0, 0.1) is 10.5 Å². The number of aryl methyl sites for hydroxylation is 1. The molecule has 0 radical (unpaired) electrons. The minimum atomic E-state index is -0.183. The van der Waals surface area contributed by atoms with Crippen molar-refractivity contribution in [1.82, 2.24) is 0 Å². The van der Waals surface area contributed by atoms with Gasteiger partial charge in [0.25, 0.3) is 5.91 Å². The zero-order chi connectivity index (χ0) is 28.9. The van der Waals surface area contributed by atoms with Crippen LogP contribution in [0.3, 0.4) is 0 Å². The fourth-order valence-corrected chi connectivity index (χ4v) is 6.09. The largest absolute Gasteiger partial charge is 0.490 e. The third-order valence-electron chi connectivity index (χ3n) is 6.08. The third kappa shape index (κ3) is 7.27. The predicted molar refractivity (Wildman–Crippen MR) is 179 cm³/mol. The van der Waals surface area contributed by atoms with Gasteiger partial charge in [0.2, 0.25) is 0 Å². The number of carbonyl (C=O) groups is 1. The van der Waals surface area contributed by atoms with Crippen LogP contribution in [-0.2, 0) is 11.4 Å². The number of hydrogen-bond donors (Lipinski definition) is 0. The lowest BCUT2D eigenvalue weighted by atomic mass is 10.1. The van der Waals surface area contributed by atoms with Crippen LogP contribution in [0.15, 0.2) is 94.8 Å². The summed E-state index contributed by atoms with van der Waals surface area (Å²) in [7, 11) is 0. The SMILES string of the molecule is CCOc1cc(/C=C2\SC(=Nc3ccc(Cl)cc3)N(c3ccc(Cl)cc3)C2=O)cc(I)c1OCc1ccc(C)cc1. The second-order valence-electron chi connectivity index (χ2n) is 9.14. The molecule has 4 aromatic carbocycles. The fourth-order valence-electron chi connectivity index (χ4n) is 4.06. The molecule has 0 aliphatic carbocycles. The van der Waals surface area contributed by atoms with Crippen molar-refractivity contribution in [3.05, 3.63) is 120 Å². The number of rotatable bonds is 8. The second-order valence-corrected chi connectivity index (χ2v) is 12.2. The Morgan fingerprint density at radius 3 is 2.24 bits per heavy atom. The van der Waals surface area contributed by atoms with E-state index in [1.165, 1.54) is 17.3 Å². The van der Waals surface area contributed by atoms with E-state index in [9.17, 15) is 4.79 Å². The molecule has 0 unspecified atom stereocenters. The quantitative estimate of drug-likeness (QED) is 0.135. The molecule has 1 heterocycles. The smallest absolute Gasteiger partial charge is 0.271 e. The van der Waals surface area contributed by atoms with Crippen molar-refractivity contribution in [2.24, 2.45) is 4.99 Å². The van der Waals surface area contributed by atoms with E-state index in [1.807, 2.05) is 37.3 Å². The average molecular weight is 715 g/mol. The molecule has 41 heavy (non-hydrogen) atoms. The Labute approximate surface area is 267 Å². The number of amidine groups is 1. The van der Waals surface area contributed by atoms with Crippen molar-refractivity contribution >= 4 is 86.1 Å². The number of anilines is 1. The predicted octanol–water partition coefficient (Wildman–Crippen LogP) is 9.69. The molecule has 0 N–H and O–H groups in total. The van der Waals surface area contributed by atoms with Crippen LogP contribution in [0.5, 0.6) is 11.5 Å². The first-order valence-electron chi connectivity index (χ1n) is 12.8. The van der Waals surface area contributed by atoms with Crippen molar-refractivity contribution in [1.29, 1.82) is 0 Å². The van der Waals surface area contributed by atoms with Crippen molar-refractivity contribution in [2.45, 2.75) is 20.5 Å². The number of carbonyl (C=O) groups excluding carboxylic acids is 1. The van der Waals surface area contributed by atoms with Gasteiger partial charge in [0.05, 0.1) is 26.5 Å². The second kappa shape index (κ2) is 13.3. The highest BCUT2D eigenvalue weighted by atomic mass is 127. The highest BCUT2D eigenvalue weighted by Gasteiger charge is 2.35. The van der Waals surface area contributed by atoms with Gasteiger partial charge in [-0.25, -0.2) is 4.99 Å². The summed E-state index contributed by atoms with van der Waals surface area (Å²) in [5.41, 5.74) is 4.45. The Morgan fingerprint density at radius 1 is 0.927 bits per heavy atom. The van der Waals surface area contributed by atoms with Crippen molar-refractivity contribution in [3.8, 4) is 11.5 Å². The van der Waals surface area contributed by atoms with Crippen molar-refractivity contribution in [3.63, 3.8) is 0 Å². The first-order valence-corrected chi connectivity index (χ1v) is 15.4. The molecule has 4 aromatic rings. The number of nitrogens with zero attached hydrogens (tertiary/aromatic N) is 2. The molecule has 1 fully saturated rings. The van der Waals surface area contributed by atoms with Crippen LogP contribution in [0.1, 0.15) is 23.6 Å². The topological polar surface area (TPSA) is 51.1 Å². The van der Waals surface area contributed by atoms with Gasteiger partial charge >= 0.3 is 0 Å². The van der Waals surface area contributed by atoms with Crippen LogP contribution in [0.4, 0.5) is 11.4 Å². The first-order chi connectivity index (χ1) is 19.8. The Balaban J connectivity index is 1.48. The van der Waals surface area contributed by atoms with Crippen LogP contribution in [-0.4, -0.2) is 17.7 Å². The van der Waals surface area contributed by atoms with Gasteiger partial charge in [-0.1, -0.05) is 53.0 Å². The molecule has 9 heteroatoms. The molecule has 5 nitrogen and oxygen atoms in total. The Hall–Kier alpha value is -2.98. The summed E-state index contributed by atoms with van der Waals surface area (Å²) in [6, 6.07) is 26.4. The molecule has 1 aliphatic rings. The number of thioether (sulfide) groups is 1. The minimum Gasteiger partial charge on any atom is -0.490 e. The average Bonchev–Trinajstić information content (AvgIpc) is 3.25. The van der Waals surface area contributed by atoms with Crippen LogP contribution >= 0.6 is 57.6 Å². The standard InChI is InChI=1S/C32H25Cl2IN2O3S/c1-3-39-28-17-22(16-27(35)30(28)40-19-21-6-4-20(2)5-7-21)18-29-31(38)37(26-14-10-24(34)11-15-26)32(41-29)36-25-12-8-23(33)9-13-25/h4-18H,3,19H2,1-2H3/b29-18-,36-32?. The Kier molecular flexibility index (Phi) is 9.60. The monoisotopic (exact) mass is 714 g/mol. The summed E-state index contributed by atoms with van der Waals surface area (Å²) in [5.74, 6) is 1.12. The number of aliphatic imine (C=N–C) groups is 1. The molecule has 1 aliphatic heterocycles. The van der Waals surface area contributed by atoms with Gasteiger partial charge in [0.15, 0.2) is 16.7 Å². The lowest BCUT2D eigenvalue weighted by Crippen LogP contribution is -2.28. The molecule has 0 spiro atoms. The maximum atomic E-state index is 13.7. The zero-order valence-electron chi connectivity index (χ0n) is 22.2. The summed E-state index contributed by atoms with van der Waals surface area (Å²) in [4.78, 5) is 20.6. The van der Waals surface area contributed by atoms with E-state index in [-0.39, 0.29) is 5.91 Å². The zero-order valence-corrected chi connectivity index (χ0v) is 26.7. The highest BCUT2D eigenvalue weighted by Crippen LogP contribution is 2.40. The van der Waals surface area contributed by atoms with Gasteiger partial charge in [-0.15, -0.1) is 0 Å². The fraction of sp³-hybridized carbons (Fsp3) is 0.125. The van der Waals surface area contributed by atoms with Crippen LogP contribution < -0.4 is 14.4 Å². The van der Waals surface area contributed by atoms with E-state index in [4.69, 9.17) is 37.7 Å². The molecule has 208 valence electrons. The first kappa shape index (κ1) is 29.5. The normalized spacial score (nSPS) is 15.1. The van der Waals surface area contributed by atoms with E-state index in [0.717, 1.165) is 14.7 Å². The van der Waals surface area contributed by atoms with Gasteiger partial charge in [0.1, 0.15) is 6.61 Å². The molecule has 0 saturated carbocycles.